The number of ether oxygens (including phenoxy) is 10. The van der Waals surface area contributed by atoms with Gasteiger partial charge in [-0.05, 0) is 28.7 Å². The maximum absolute atomic E-state index is 12.6. The van der Waals surface area contributed by atoms with Crippen LogP contribution < -0.4 is 0 Å². The SMILES string of the molecule is CCCCCCCCCCCCCCCCCC(=O)OCCOCCOCCOCCOCCOCCOCCOCCOCCN(C)C(=O)OCC1c2ccccc2-c2ccccc21. The number of nitrogens with zero attached hydrogens (tertiary/aromatic N) is 1. The first kappa shape index (κ1) is 56.2. The maximum Gasteiger partial charge on any atom is 0.409 e. The molecule has 0 saturated carbocycles. The van der Waals surface area contributed by atoms with Crippen LogP contribution in [-0.2, 0) is 52.2 Å². The molecule has 13 nitrogen and oxygen atoms in total. The summed E-state index contributed by atoms with van der Waals surface area (Å²) < 4.78 is 55.3. The highest BCUT2D eigenvalue weighted by molar-refractivity contribution is 5.79. The predicted molar refractivity (Wildman–Crippen MR) is 255 cm³/mol. The molecule has 0 unspecified atom stereocenters. The Hall–Kier alpha value is -3.14. The summed E-state index contributed by atoms with van der Waals surface area (Å²) in [7, 11) is 1.72. The fourth-order valence-corrected chi connectivity index (χ4v) is 7.57. The van der Waals surface area contributed by atoms with Crippen LogP contribution in [0.25, 0.3) is 11.1 Å². The van der Waals surface area contributed by atoms with Crippen molar-refractivity contribution in [3.8, 4) is 11.1 Å². The van der Waals surface area contributed by atoms with E-state index in [4.69, 9.17) is 47.4 Å². The number of likely N-dealkylation sites (N-methyl/N-ethyl adjacent to an activating group) is 1. The Kier molecular flexibility index (Phi) is 34.6. The lowest BCUT2D eigenvalue weighted by Gasteiger charge is -2.19. The molecule has 370 valence electrons. The summed E-state index contributed by atoms with van der Waals surface area (Å²) >= 11 is 0. The Balaban J connectivity index is 0.936. The quantitative estimate of drug-likeness (QED) is 0.0463. The molecule has 2 aromatic carbocycles. The van der Waals surface area contributed by atoms with Gasteiger partial charge in [0.1, 0.15) is 13.2 Å². The molecule has 65 heavy (non-hydrogen) atoms. The second-order valence-corrected chi connectivity index (χ2v) is 16.5. The molecule has 2 aromatic rings. The third-order valence-electron chi connectivity index (χ3n) is 11.3. The van der Waals surface area contributed by atoms with Crippen molar-refractivity contribution in [3.63, 3.8) is 0 Å². The summed E-state index contributed by atoms with van der Waals surface area (Å²) in [6, 6.07) is 16.6. The molecule has 0 aromatic heterocycles. The molecular weight excluding hydrogens is 831 g/mol. The predicted octanol–water partition coefficient (Wildman–Crippen LogP) is 9.80. The van der Waals surface area contributed by atoms with Gasteiger partial charge in [-0.25, -0.2) is 4.79 Å². The monoisotopic (exact) mass is 916 g/mol. The van der Waals surface area contributed by atoms with E-state index in [0.717, 1.165) is 12.8 Å². The number of fused-ring (bicyclic) bond motifs is 3. The number of unbranched alkanes of at least 4 members (excludes halogenated alkanes) is 14. The molecular formula is C52H85NO12. The lowest BCUT2D eigenvalue weighted by atomic mass is 9.98. The van der Waals surface area contributed by atoms with Gasteiger partial charge in [0.15, 0.2) is 0 Å². The van der Waals surface area contributed by atoms with Gasteiger partial charge in [0.2, 0.25) is 0 Å². The molecule has 0 heterocycles. The minimum atomic E-state index is -0.365. The zero-order valence-corrected chi connectivity index (χ0v) is 40.3. The first-order valence-electron chi connectivity index (χ1n) is 25.0. The fourth-order valence-electron chi connectivity index (χ4n) is 7.57. The van der Waals surface area contributed by atoms with Gasteiger partial charge in [-0.3, -0.25) is 4.79 Å². The zero-order valence-electron chi connectivity index (χ0n) is 40.3. The van der Waals surface area contributed by atoms with Crippen LogP contribution in [0, 0.1) is 0 Å². The first-order chi connectivity index (χ1) is 32.1. The summed E-state index contributed by atoms with van der Waals surface area (Å²) in [5.41, 5.74) is 4.80. The van der Waals surface area contributed by atoms with Gasteiger partial charge in [-0.15, -0.1) is 0 Å². The van der Waals surface area contributed by atoms with Gasteiger partial charge in [0.05, 0.1) is 106 Å². The Bertz CT molecular complexity index is 1400. The number of benzene rings is 2. The van der Waals surface area contributed by atoms with Gasteiger partial charge in [-0.2, -0.15) is 0 Å². The van der Waals surface area contributed by atoms with E-state index in [-0.39, 0.29) is 24.6 Å². The van der Waals surface area contributed by atoms with E-state index in [1.165, 1.54) is 111 Å². The maximum atomic E-state index is 12.6. The first-order valence-corrected chi connectivity index (χ1v) is 25.0. The van der Waals surface area contributed by atoms with E-state index in [1.807, 2.05) is 24.3 Å². The summed E-state index contributed by atoms with van der Waals surface area (Å²) in [6.45, 7) is 10.6. The largest absolute Gasteiger partial charge is 0.463 e. The van der Waals surface area contributed by atoms with Crippen molar-refractivity contribution in [1.29, 1.82) is 0 Å². The molecule has 0 atom stereocenters. The summed E-state index contributed by atoms with van der Waals surface area (Å²) in [4.78, 5) is 26.1. The van der Waals surface area contributed by atoms with Crippen molar-refractivity contribution < 1.29 is 57.0 Å². The Labute approximate surface area is 391 Å². The summed E-state index contributed by atoms with van der Waals surface area (Å²) in [5, 5.41) is 0. The highest BCUT2D eigenvalue weighted by atomic mass is 16.6. The summed E-state index contributed by atoms with van der Waals surface area (Å²) in [6.07, 6.45) is 19.8. The minimum absolute atomic E-state index is 0.0362. The molecule has 0 fully saturated rings. The van der Waals surface area contributed by atoms with Crippen LogP contribution in [0.15, 0.2) is 48.5 Å². The average molecular weight is 916 g/mol. The molecule has 13 heteroatoms. The highest BCUT2D eigenvalue weighted by Crippen LogP contribution is 2.44. The smallest absolute Gasteiger partial charge is 0.409 e. The topological polar surface area (TPSA) is 130 Å². The van der Waals surface area contributed by atoms with E-state index < -0.39 is 0 Å². The van der Waals surface area contributed by atoms with Gasteiger partial charge in [-0.1, -0.05) is 145 Å². The Morgan fingerprint density at radius 1 is 0.431 bits per heavy atom. The lowest BCUT2D eigenvalue weighted by molar-refractivity contribution is -0.145. The number of rotatable bonds is 45. The van der Waals surface area contributed by atoms with Gasteiger partial charge in [0.25, 0.3) is 0 Å². The van der Waals surface area contributed by atoms with Crippen molar-refractivity contribution in [2.45, 2.75) is 116 Å². The highest BCUT2D eigenvalue weighted by Gasteiger charge is 2.29. The molecule has 0 N–H and O–H groups in total. The van der Waals surface area contributed by atoms with Crippen LogP contribution in [0.1, 0.15) is 127 Å². The molecule has 1 amide bonds. The second-order valence-electron chi connectivity index (χ2n) is 16.5. The van der Waals surface area contributed by atoms with Crippen LogP contribution in [0.2, 0.25) is 0 Å². The van der Waals surface area contributed by atoms with E-state index in [9.17, 15) is 9.59 Å². The van der Waals surface area contributed by atoms with Gasteiger partial charge < -0.3 is 52.3 Å². The van der Waals surface area contributed by atoms with Crippen LogP contribution in [0.5, 0.6) is 0 Å². The van der Waals surface area contributed by atoms with Gasteiger partial charge >= 0.3 is 12.1 Å². The molecule has 0 aliphatic heterocycles. The zero-order chi connectivity index (χ0) is 46.1. The van der Waals surface area contributed by atoms with Crippen molar-refractivity contribution >= 4 is 12.1 Å². The van der Waals surface area contributed by atoms with Crippen LogP contribution in [0.4, 0.5) is 4.79 Å². The van der Waals surface area contributed by atoms with Crippen molar-refractivity contribution in [3.05, 3.63) is 59.7 Å². The van der Waals surface area contributed by atoms with E-state index in [0.29, 0.717) is 125 Å². The molecule has 0 spiro atoms. The average Bonchev–Trinajstić information content (AvgIpc) is 3.64. The molecule has 0 bridgehead atoms. The lowest BCUT2D eigenvalue weighted by Crippen LogP contribution is -2.32. The van der Waals surface area contributed by atoms with E-state index in [2.05, 4.69) is 31.2 Å². The van der Waals surface area contributed by atoms with E-state index in [1.54, 1.807) is 7.05 Å². The van der Waals surface area contributed by atoms with Crippen molar-refractivity contribution in [1.82, 2.24) is 4.90 Å². The number of hydrogen-bond acceptors (Lipinski definition) is 12. The third-order valence-corrected chi connectivity index (χ3v) is 11.3. The number of carbonyl (C=O) groups is 2. The summed E-state index contributed by atoms with van der Waals surface area (Å²) in [5.74, 6) is -0.0983. The molecule has 1 aliphatic rings. The van der Waals surface area contributed by atoms with Crippen LogP contribution in [-0.4, -0.2) is 149 Å². The van der Waals surface area contributed by atoms with E-state index >= 15 is 0 Å². The second kappa shape index (κ2) is 40.0. The molecule has 3 rings (SSSR count). The van der Waals surface area contributed by atoms with Crippen LogP contribution in [0.3, 0.4) is 0 Å². The van der Waals surface area contributed by atoms with Crippen molar-refractivity contribution in [2.24, 2.45) is 0 Å². The Morgan fingerprint density at radius 2 is 0.769 bits per heavy atom. The minimum Gasteiger partial charge on any atom is -0.463 e. The van der Waals surface area contributed by atoms with Gasteiger partial charge in [0, 0.05) is 25.9 Å². The number of esters is 1. The number of amides is 1. The standard InChI is InChI=1S/C52H85NO12/c1-3-4-5-6-7-8-9-10-11-12-13-14-15-16-17-26-51(54)64-44-43-63-42-41-62-40-39-61-38-37-60-36-35-59-34-33-58-32-31-57-30-29-56-28-27-53(2)52(55)65-45-50-48-24-20-18-22-46(48)47-23-19-21-25-49(47)50/h18-25,50H,3-17,26-45H2,1-2H3. The molecule has 0 radical (unpaired) electrons. The normalized spacial score (nSPS) is 12.1. The fraction of sp³-hybridized carbons (Fsp3) is 0.731. The number of carbonyl (C=O) groups excluding carboxylic acids is 2. The molecule has 1 aliphatic carbocycles. The Morgan fingerprint density at radius 3 is 1.17 bits per heavy atom. The third kappa shape index (κ3) is 27.9. The molecule has 0 saturated heterocycles. The van der Waals surface area contributed by atoms with Crippen LogP contribution >= 0.6 is 0 Å². The van der Waals surface area contributed by atoms with Crippen molar-refractivity contribution in [2.75, 3.05) is 133 Å². The number of hydrogen-bond donors (Lipinski definition) is 0.